The zero-order valence-electron chi connectivity index (χ0n) is 25.4. The molecule has 0 unspecified atom stereocenters. The summed E-state index contributed by atoms with van der Waals surface area (Å²) in [5.41, 5.74) is -6.35. The van der Waals surface area contributed by atoms with Crippen molar-refractivity contribution >= 4 is 23.0 Å². The van der Waals surface area contributed by atoms with E-state index in [1.165, 1.54) is 37.4 Å². The lowest BCUT2D eigenvalue weighted by atomic mass is 9.85. The second-order valence-corrected chi connectivity index (χ2v) is 12.4. The minimum atomic E-state index is -2.51. The van der Waals surface area contributed by atoms with E-state index < -0.39 is 74.5 Å². The van der Waals surface area contributed by atoms with Crippen LogP contribution in [-0.2, 0) is 11.2 Å². The standard InChI is InChI=1S/C34H29ClF4N4O4/c1-33(2,45)27-28(38)30(21-14-22(35)24(37)15-23(21)36)41-31(29(27)39)34(46,19-7-5-4-6-8-19)16-40-32(44)18-11-20-13-25(17-9-10-17)42-43(20)26(12-18)47-3/h4-8,11-15,17,45-46H,9-10,16H2,1-3H3,(H,40,44)/t34-/m1/s1. The first-order chi connectivity index (χ1) is 22.2. The van der Waals surface area contributed by atoms with Gasteiger partial charge in [-0.2, -0.15) is 5.10 Å². The van der Waals surface area contributed by atoms with Gasteiger partial charge in [0.05, 0.1) is 41.1 Å². The molecule has 47 heavy (non-hydrogen) atoms. The van der Waals surface area contributed by atoms with Crippen molar-refractivity contribution in [3.05, 3.63) is 117 Å². The summed E-state index contributed by atoms with van der Waals surface area (Å²) in [5.74, 6) is -5.36. The third-order valence-corrected chi connectivity index (χ3v) is 8.41. The highest BCUT2D eigenvalue weighted by Gasteiger charge is 2.42. The predicted molar refractivity (Wildman–Crippen MR) is 165 cm³/mol. The summed E-state index contributed by atoms with van der Waals surface area (Å²) in [6.45, 7) is 1.48. The zero-order chi connectivity index (χ0) is 33.8. The number of carbonyl (C=O) groups is 1. The third kappa shape index (κ3) is 5.92. The van der Waals surface area contributed by atoms with Crippen molar-refractivity contribution in [2.45, 2.75) is 43.8 Å². The molecular weight excluding hydrogens is 640 g/mol. The summed E-state index contributed by atoms with van der Waals surface area (Å²) >= 11 is 5.87. The van der Waals surface area contributed by atoms with Gasteiger partial charge in [0.2, 0.25) is 5.88 Å². The molecule has 0 saturated heterocycles. The molecule has 3 heterocycles. The van der Waals surface area contributed by atoms with E-state index in [0.717, 1.165) is 38.4 Å². The van der Waals surface area contributed by atoms with Crippen molar-refractivity contribution in [1.29, 1.82) is 0 Å². The van der Waals surface area contributed by atoms with Crippen LogP contribution in [0.25, 0.3) is 16.8 Å². The first kappa shape index (κ1) is 32.4. The van der Waals surface area contributed by atoms with Gasteiger partial charge in [0.15, 0.2) is 17.2 Å². The van der Waals surface area contributed by atoms with E-state index in [1.54, 1.807) is 16.6 Å². The maximum atomic E-state index is 16.4. The number of hydrogen-bond acceptors (Lipinski definition) is 6. The Morgan fingerprint density at radius 2 is 1.72 bits per heavy atom. The van der Waals surface area contributed by atoms with Crippen LogP contribution in [0.15, 0.2) is 60.7 Å². The van der Waals surface area contributed by atoms with Crippen LogP contribution in [0.5, 0.6) is 5.88 Å². The Morgan fingerprint density at radius 1 is 1.02 bits per heavy atom. The average Bonchev–Trinajstić information content (AvgIpc) is 3.79. The van der Waals surface area contributed by atoms with Crippen molar-refractivity contribution in [3.8, 4) is 17.1 Å². The highest BCUT2D eigenvalue weighted by atomic mass is 35.5. The van der Waals surface area contributed by atoms with Crippen molar-refractivity contribution in [1.82, 2.24) is 19.9 Å². The fourth-order valence-corrected chi connectivity index (χ4v) is 5.69. The van der Waals surface area contributed by atoms with E-state index in [1.807, 2.05) is 6.07 Å². The van der Waals surface area contributed by atoms with Gasteiger partial charge in [0, 0.05) is 29.2 Å². The molecule has 3 aromatic heterocycles. The van der Waals surface area contributed by atoms with E-state index in [9.17, 15) is 19.4 Å². The van der Waals surface area contributed by atoms with Crippen molar-refractivity contribution in [2.75, 3.05) is 13.7 Å². The van der Waals surface area contributed by atoms with Crippen LogP contribution in [0.4, 0.5) is 17.6 Å². The van der Waals surface area contributed by atoms with Gasteiger partial charge >= 0.3 is 0 Å². The summed E-state index contributed by atoms with van der Waals surface area (Å²) in [6, 6.07) is 13.6. The number of nitrogens with zero attached hydrogens (tertiary/aromatic N) is 3. The molecule has 6 rings (SSSR count). The molecule has 3 N–H and O–H groups in total. The minimum Gasteiger partial charge on any atom is -0.481 e. The predicted octanol–water partition coefficient (Wildman–Crippen LogP) is 6.39. The average molecular weight is 669 g/mol. The fraction of sp³-hybridized carbons (Fsp3) is 0.265. The first-order valence-corrected chi connectivity index (χ1v) is 15.0. The summed E-state index contributed by atoms with van der Waals surface area (Å²) in [7, 11) is 1.43. The number of amides is 1. The van der Waals surface area contributed by atoms with Crippen molar-refractivity contribution in [2.24, 2.45) is 0 Å². The summed E-state index contributed by atoms with van der Waals surface area (Å²) in [6.07, 6.45) is 2.03. The van der Waals surface area contributed by atoms with Crippen molar-refractivity contribution in [3.63, 3.8) is 0 Å². The van der Waals surface area contributed by atoms with Gasteiger partial charge in [0.25, 0.3) is 5.91 Å². The van der Waals surface area contributed by atoms with Crippen molar-refractivity contribution < 1.29 is 37.3 Å². The SMILES string of the molecule is COc1cc(C(=O)NC[C@@](O)(c2ccccc2)c2nc(-c3cc(Cl)c(F)cc3F)c(F)c(C(C)(C)O)c2F)cc2cc(C3CC3)nn12. The maximum Gasteiger partial charge on any atom is 0.251 e. The monoisotopic (exact) mass is 668 g/mol. The molecule has 5 aromatic rings. The number of aromatic nitrogens is 3. The number of methoxy groups -OCH3 is 1. The largest absolute Gasteiger partial charge is 0.481 e. The number of nitrogens with one attached hydrogen (secondary N) is 1. The summed E-state index contributed by atoms with van der Waals surface area (Å²) in [5, 5.41) is 29.7. The number of fused-ring (bicyclic) bond motifs is 1. The highest BCUT2D eigenvalue weighted by Crippen LogP contribution is 2.41. The van der Waals surface area contributed by atoms with E-state index >= 15 is 13.2 Å². The molecular formula is C34H29ClF4N4O4. The Labute approximate surface area is 271 Å². The zero-order valence-corrected chi connectivity index (χ0v) is 26.2. The smallest absolute Gasteiger partial charge is 0.251 e. The van der Waals surface area contributed by atoms with Gasteiger partial charge in [-0.3, -0.25) is 4.79 Å². The van der Waals surface area contributed by atoms with Gasteiger partial charge in [-0.25, -0.2) is 27.1 Å². The van der Waals surface area contributed by atoms with E-state index in [4.69, 9.17) is 16.3 Å². The Morgan fingerprint density at radius 3 is 2.36 bits per heavy atom. The number of ether oxygens (including phenoxy) is 1. The summed E-state index contributed by atoms with van der Waals surface area (Å²) in [4.78, 5) is 17.6. The number of benzene rings is 2. The number of aliphatic hydroxyl groups is 2. The molecule has 0 bridgehead atoms. The number of halogens is 5. The molecule has 1 aliphatic rings. The molecule has 13 heteroatoms. The molecule has 1 atom stereocenters. The Balaban J connectivity index is 1.47. The van der Waals surface area contributed by atoms with Gasteiger partial charge < -0.3 is 20.3 Å². The second-order valence-electron chi connectivity index (χ2n) is 12.0. The number of hydrogen-bond donors (Lipinski definition) is 3. The maximum absolute atomic E-state index is 16.4. The van der Waals surface area contributed by atoms with Gasteiger partial charge in [-0.15, -0.1) is 0 Å². The van der Waals surface area contributed by atoms with Gasteiger partial charge in [0.1, 0.15) is 23.0 Å². The molecule has 8 nitrogen and oxygen atoms in total. The Kier molecular flexibility index (Phi) is 8.23. The Hall–Kier alpha value is -4.52. The molecule has 2 aromatic carbocycles. The molecule has 1 amide bonds. The summed E-state index contributed by atoms with van der Waals surface area (Å²) < 4.78 is 68.4. The normalized spacial score (nSPS) is 14.7. The molecule has 0 spiro atoms. The van der Waals surface area contributed by atoms with Crippen LogP contribution in [0, 0.1) is 23.3 Å². The molecule has 0 radical (unpaired) electrons. The fourth-order valence-electron chi connectivity index (χ4n) is 5.53. The van der Waals surface area contributed by atoms with Crippen LogP contribution in [0.2, 0.25) is 5.02 Å². The van der Waals surface area contributed by atoms with Gasteiger partial charge in [-0.05, 0) is 50.5 Å². The molecule has 1 saturated carbocycles. The quantitative estimate of drug-likeness (QED) is 0.124. The van der Waals surface area contributed by atoms with Crippen LogP contribution < -0.4 is 10.1 Å². The molecule has 1 aliphatic carbocycles. The second kappa shape index (κ2) is 11.9. The van der Waals surface area contributed by atoms with Crippen LogP contribution in [0.3, 0.4) is 0 Å². The van der Waals surface area contributed by atoms with E-state index in [0.29, 0.717) is 17.5 Å². The lowest BCUT2D eigenvalue weighted by Gasteiger charge is -2.32. The lowest BCUT2D eigenvalue weighted by molar-refractivity contribution is 0.0557. The third-order valence-electron chi connectivity index (χ3n) is 8.12. The number of rotatable bonds is 9. The molecule has 0 aliphatic heterocycles. The highest BCUT2D eigenvalue weighted by molar-refractivity contribution is 6.31. The van der Waals surface area contributed by atoms with E-state index in [2.05, 4.69) is 15.4 Å². The van der Waals surface area contributed by atoms with Crippen LogP contribution in [0.1, 0.15) is 65.5 Å². The number of carbonyl (C=O) groups excluding carboxylic acids is 1. The minimum absolute atomic E-state index is 0.0291. The molecule has 1 fully saturated rings. The number of pyridine rings is 2. The van der Waals surface area contributed by atoms with E-state index in [-0.39, 0.29) is 17.0 Å². The topological polar surface area (TPSA) is 109 Å². The Bertz CT molecular complexity index is 2030. The van der Waals surface area contributed by atoms with Crippen LogP contribution in [-0.4, -0.2) is 44.4 Å². The van der Waals surface area contributed by atoms with Gasteiger partial charge in [-0.1, -0.05) is 41.9 Å². The first-order valence-electron chi connectivity index (χ1n) is 14.6. The molecule has 244 valence electrons. The van der Waals surface area contributed by atoms with Crippen LogP contribution >= 0.6 is 11.6 Å². The lowest BCUT2D eigenvalue weighted by Crippen LogP contribution is -2.43.